The van der Waals surface area contributed by atoms with E-state index in [0.717, 1.165) is 11.5 Å². The lowest BCUT2D eigenvalue weighted by atomic mass is 10.2. The standard InChI is InChI=1S/C20H22N2O5/c1-22-17-10-5-14(12-18(17)27-13-20(22)24)21-19(23)4-3-11-26-16-8-6-15(25-2)7-9-16/h5-10,12H,3-4,11,13H2,1-2H3,(H,21,23). The van der Waals surface area contributed by atoms with Gasteiger partial charge < -0.3 is 24.4 Å². The molecule has 2 amide bonds. The molecule has 142 valence electrons. The van der Waals surface area contributed by atoms with Gasteiger partial charge in [0.2, 0.25) is 5.91 Å². The molecule has 3 rings (SSSR count). The number of hydrogen-bond donors (Lipinski definition) is 1. The van der Waals surface area contributed by atoms with Crippen molar-refractivity contribution >= 4 is 23.2 Å². The molecule has 0 spiro atoms. The molecule has 1 aliphatic heterocycles. The second-order valence-electron chi connectivity index (χ2n) is 6.10. The molecule has 0 fully saturated rings. The van der Waals surface area contributed by atoms with Crippen molar-refractivity contribution in [3.8, 4) is 17.2 Å². The molecule has 7 heteroatoms. The lowest BCUT2D eigenvalue weighted by Crippen LogP contribution is -2.35. The van der Waals surface area contributed by atoms with Crippen LogP contribution < -0.4 is 24.4 Å². The van der Waals surface area contributed by atoms with E-state index in [9.17, 15) is 9.59 Å². The first-order valence-electron chi connectivity index (χ1n) is 8.67. The summed E-state index contributed by atoms with van der Waals surface area (Å²) in [5, 5.41) is 2.84. The zero-order valence-corrected chi connectivity index (χ0v) is 15.4. The summed E-state index contributed by atoms with van der Waals surface area (Å²) in [5.41, 5.74) is 1.33. The monoisotopic (exact) mass is 370 g/mol. The van der Waals surface area contributed by atoms with Crippen molar-refractivity contribution < 1.29 is 23.8 Å². The van der Waals surface area contributed by atoms with E-state index in [0.29, 0.717) is 36.6 Å². The molecular formula is C20H22N2O5. The minimum absolute atomic E-state index is 0.00357. The Labute approximate surface area is 157 Å². The quantitative estimate of drug-likeness (QED) is 0.759. The Balaban J connectivity index is 1.44. The maximum Gasteiger partial charge on any atom is 0.264 e. The Morgan fingerprint density at radius 2 is 1.93 bits per heavy atom. The third kappa shape index (κ3) is 4.69. The Morgan fingerprint density at radius 3 is 2.67 bits per heavy atom. The van der Waals surface area contributed by atoms with Crippen LogP contribution in [0.4, 0.5) is 11.4 Å². The molecule has 7 nitrogen and oxygen atoms in total. The first-order chi connectivity index (χ1) is 13.1. The molecule has 0 radical (unpaired) electrons. The van der Waals surface area contributed by atoms with Crippen LogP contribution in [0.1, 0.15) is 12.8 Å². The predicted octanol–water partition coefficient (Wildman–Crippen LogP) is 2.85. The molecule has 2 aromatic carbocycles. The van der Waals surface area contributed by atoms with Crippen LogP contribution in [0.15, 0.2) is 42.5 Å². The topological polar surface area (TPSA) is 77.1 Å². The van der Waals surface area contributed by atoms with Crippen LogP contribution in [0.2, 0.25) is 0 Å². The number of anilines is 2. The summed E-state index contributed by atoms with van der Waals surface area (Å²) in [5.74, 6) is 1.88. The number of hydrogen-bond acceptors (Lipinski definition) is 5. The third-order valence-corrected chi connectivity index (χ3v) is 4.21. The van der Waals surface area contributed by atoms with Crippen molar-refractivity contribution in [2.24, 2.45) is 0 Å². The van der Waals surface area contributed by atoms with Crippen molar-refractivity contribution in [1.82, 2.24) is 0 Å². The van der Waals surface area contributed by atoms with E-state index >= 15 is 0 Å². The summed E-state index contributed by atoms with van der Waals surface area (Å²) in [6.07, 6.45) is 0.934. The summed E-state index contributed by atoms with van der Waals surface area (Å²) >= 11 is 0. The first-order valence-corrected chi connectivity index (χ1v) is 8.67. The fraction of sp³-hybridized carbons (Fsp3) is 0.300. The average molecular weight is 370 g/mol. The van der Waals surface area contributed by atoms with Crippen LogP contribution in [-0.4, -0.2) is 39.2 Å². The molecule has 0 bridgehead atoms. The molecule has 0 unspecified atom stereocenters. The van der Waals surface area contributed by atoms with Gasteiger partial charge in [-0.2, -0.15) is 0 Å². The van der Waals surface area contributed by atoms with Gasteiger partial charge in [-0.25, -0.2) is 0 Å². The predicted molar refractivity (Wildman–Crippen MR) is 102 cm³/mol. The van der Waals surface area contributed by atoms with Crippen molar-refractivity contribution in [2.45, 2.75) is 12.8 Å². The Hall–Kier alpha value is -3.22. The van der Waals surface area contributed by atoms with Crippen LogP contribution in [0.3, 0.4) is 0 Å². The summed E-state index contributed by atoms with van der Waals surface area (Å²) < 4.78 is 16.1. The highest BCUT2D eigenvalue weighted by atomic mass is 16.5. The first kappa shape index (κ1) is 18.6. The Morgan fingerprint density at radius 1 is 1.19 bits per heavy atom. The molecule has 1 heterocycles. The second kappa shape index (κ2) is 8.44. The lowest BCUT2D eigenvalue weighted by molar-refractivity contribution is -0.121. The van der Waals surface area contributed by atoms with E-state index in [2.05, 4.69) is 5.32 Å². The van der Waals surface area contributed by atoms with E-state index < -0.39 is 0 Å². The number of carbonyl (C=O) groups excluding carboxylic acids is 2. The van der Waals surface area contributed by atoms with Gasteiger partial charge >= 0.3 is 0 Å². The molecule has 0 aromatic heterocycles. The van der Waals surface area contributed by atoms with Gasteiger partial charge in [-0.05, 0) is 42.8 Å². The SMILES string of the molecule is COc1ccc(OCCCC(=O)Nc2ccc3c(c2)OCC(=O)N3C)cc1. The van der Waals surface area contributed by atoms with Crippen LogP contribution >= 0.6 is 0 Å². The summed E-state index contributed by atoms with van der Waals surface area (Å²) in [4.78, 5) is 25.3. The van der Waals surface area contributed by atoms with Crippen LogP contribution in [-0.2, 0) is 9.59 Å². The number of amides is 2. The highest BCUT2D eigenvalue weighted by Crippen LogP contribution is 2.33. The highest BCUT2D eigenvalue weighted by Gasteiger charge is 2.22. The molecule has 2 aromatic rings. The Bertz CT molecular complexity index is 820. The number of carbonyl (C=O) groups is 2. The fourth-order valence-corrected chi connectivity index (χ4v) is 2.67. The number of rotatable bonds is 7. The van der Waals surface area contributed by atoms with Crippen LogP contribution in [0.25, 0.3) is 0 Å². The van der Waals surface area contributed by atoms with Crippen molar-refractivity contribution in [3.63, 3.8) is 0 Å². The van der Waals surface area contributed by atoms with Gasteiger partial charge in [0.05, 0.1) is 19.4 Å². The van der Waals surface area contributed by atoms with E-state index in [1.807, 2.05) is 24.3 Å². The van der Waals surface area contributed by atoms with E-state index in [1.54, 1.807) is 37.3 Å². The molecule has 27 heavy (non-hydrogen) atoms. The molecule has 0 atom stereocenters. The molecule has 1 aliphatic rings. The lowest BCUT2D eigenvalue weighted by Gasteiger charge is -2.26. The largest absolute Gasteiger partial charge is 0.497 e. The van der Waals surface area contributed by atoms with Gasteiger partial charge in [0.15, 0.2) is 6.61 Å². The van der Waals surface area contributed by atoms with Crippen molar-refractivity contribution in [2.75, 3.05) is 37.6 Å². The van der Waals surface area contributed by atoms with Crippen molar-refractivity contribution in [3.05, 3.63) is 42.5 Å². The molecule has 0 saturated heterocycles. The van der Waals surface area contributed by atoms with Crippen LogP contribution in [0, 0.1) is 0 Å². The smallest absolute Gasteiger partial charge is 0.264 e. The zero-order valence-electron chi connectivity index (χ0n) is 15.4. The van der Waals surface area contributed by atoms with E-state index in [1.165, 1.54) is 0 Å². The third-order valence-electron chi connectivity index (χ3n) is 4.21. The van der Waals surface area contributed by atoms with Gasteiger partial charge in [0, 0.05) is 25.2 Å². The number of nitrogens with one attached hydrogen (secondary N) is 1. The number of methoxy groups -OCH3 is 1. The number of ether oxygens (including phenoxy) is 3. The maximum absolute atomic E-state index is 12.1. The van der Waals surface area contributed by atoms with Gasteiger partial charge in [0.1, 0.15) is 17.2 Å². The maximum atomic E-state index is 12.1. The minimum Gasteiger partial charge on any atom is -0.497 e. The normalized spacial score (nSPS) is 12.8. The van der Waals surface area contributed by atoms with Gasteiger partial charge in [0.25, 0.3) is 5.91 Å². The average Bonchev–Trinajstić information content (AvgIpc) is 2.68. The summed E-state index contributed by atoms with van der Waals surface area (Å²) in [6, 6.07) is 12.5. The van der Waals surface area contributed by atoms with Crippen molar-refractivity contribution in [1.29, 1.82) is 0 Å². The molecule has 0 saturated carbocycles. The van der Waals surface area contributed by atoms with Gasteiger partial charge in [-0.15, -0.1) is 0 Å². The number of nitrogens with zero attached hydrogens (tertiary/aromatic N) is 1. The zero-order chi connectivity index (χ0) is 19.2. The fourth-order valence-electron chi connectivity index (χ4n) is 2.67. The van der Waals surface area contributed by atoms with E-state index in [-0.39, 0.29) is 18.4 Å². The summed E-state index contributed by atoms with van der Waals surface area (Å²) in [7, 11) is 3.31. The Kier molecular flexibility index (Phi) is 5.80. The molecule has 0 aliphatic carbocycles. The molecular weight excluding hydrogens is 348 g/mol. The number of benzene rings is 2. The summed E-state index contributed by atoms with van der Waals surface area (Å²) in [6.45, 7) is 0.448. The second-order valence-corrected chi connectivity index (χ2v) is 6.10. The minimum atomic E-state index is -0.103. The van der Waals surface area contributed by atoms with E-state index in [4.69, 9.17) is 14.2 Å². The highest BCUT2D eigenvalue weighted by molar-refractivity contribution is 5.98. The van der Waals surface area contributed by atoms with Crippen LogP contribution in [0.5, 0.6) is 17.2 Å². The molecule has 1 N–H and O–H groups in total. The van der Waals surface area contributed by atoms with Gasteiger partial charge in [-0.1, -0.05) is 0 Å². The number of likely N-dealkylation sites (N-methyl/N-ethyl adjacent to an activating group) is 1. The number of fused-ring (bicyclic) bond motifs is 1. The van der Waals surface area contributed by atoms with Gasteiger partial charge in [-0.3, -0.25) is 9.59 Å².